The molecule has 0 radical (unpaired) electrons. The number of carbonyl (C=O) groups is 2. The summed E-state index contributed by atoms with van der Waals surface area (Å²) in [5.41, 5.74) is 8.66. The number of hydrogen-bond donors (Lipinski definition) is 1. The molecular formula is C17H22N4O2S. The average Bonchev–Trinajstić information content (AvgIpc) is 2.57. The molecule has 6 nitrogen and oxygen atoms in total. The molecule has 1 atom stereocenters. The lowest BCUT2D eigenvalue weighted by Crippen LogP contribution is -2.44. The van der Waals surface area contributed by atoms with Gasteiger partial charge in [0.15, 0.2) is 0 Å². The van der Waals surface area contributed by atoms with Gasteiger partial charge in [-0.05, 0) is 44.7 Å². The van der Waals surface area contributed by atoms with Crippen molar-refractivity contribution in [2.24, 2.45) is 11.7 Å². The number of amides is 2. The predicted molar refractivity (Wildman–Crippen MR) is 92.4 cm³/mol. The van der Waals surface area contributed by atoms with E-state index in [1.807, 2.05) is 20.8 Å². The first-order valence-electron chi connectivity index (χ1n) is 7.93. The van der Waals surface area contributed by atoms with Crippen molar-refractivity contribution in [3.8, 4) is 6.07 Å². The minimum absolute atomic E-state index is 0.0486. The lowest BCUT2D eigenvalue weighted by molar-refractivity contribution is -0.132. The van der Waals surface area contributed by atoms with Gasteiger partial charge in [0.2, 0.25) is 11.8 Å². The largest absolute Gasteiger partial charge is 0.369 e. The van der Waals surface area contributed by atoms with Crippen LogP contribution >= 0.6 is 11.8 Å². The number of nitrogens with zero attached hydrogens (tertiary/aromatic N) is 3. The fourth-order valence-electron chi connectivity index (χ4n) is 2.80. The molecule has 0 bridgehead atoms. The first-order valence-corrected chi connectivity index (χ1v) is 8.91. The van der Waals surface area contributed by atoms with Crippen molar-refractivity contribution in [3.63, 3.8) is 0 Å². The van der Waals surface area contributed by atoms with Crippen molar-refractivity contribution in [2.75, 3.05) is 18.8 Å². The van der Waals surface area contributed by atoms with Crippen LogP contribution < -0.4 is 5.73 Å². The smallest absolute Gasteiger partial charge is 0.233 e. The van der Waals surface area contributed by atoms with Gasteiger partial charge >= 0.3 is 0 Å². The second kappa shape index (κ2) is 7.67. The SMILES string of the molecule is Cc1nc(SCC(=O)N2CCC[C@@H](C(N)=O)C2)c(C#N)c(C)c1C. The average molecular weight is 346 g/mol. The lowest BCUT2D eigenvalue weighted by Gasteiger charge is -2.31. The van der Waals surface area contributed by atoms with Crippen LogP contribution in [0.4, 0.5) is 0 Å². The molecule has 2 heterocycles. The number of piperidine rings is 1. The van der Waals surface area contributed by atoms with E-state index < -0.39 is 0 Å². The van der Waals surface area contributed by atoms with Gasteiger partial charge in [0.25, 0.3) is 0 Å². The number of rotatable bonds is 4. The zero-order valence-electron chi connectivity index (χ0n) is 14.3. The Morgan fingerprint density at radius 3 is 2.71 bits per heavy atom. The molecule has 0 spiro atoms. The molecule has 1 aliphatic heterocycles. The van der Waals surface area contributed by atoms with Crippen LogP contribution in [0.25, 0.3) is 0 Å². The maximum atomic E-state index is 12.4. The molecule has 2 rings (SSSR count). The molecule has 2 N–H and O–H groups in total. The normalized spacial score (nSPS) is 17.4. The number of aryl methyl sites for hydroxylation is 1. The number of nitriles is 1. The van der Waals surface area contributed by atoms with E-state index in [4.69, 9.17) is 5.73 Å². The molecule has 1 aromatic heterocycles. The van der Waals surface area contributed by atoms with Gasteiger partial charge in [-0.1, -0.05) is 11.8 Å². The van der Waals surface area contributed by atoms with Gasteiger partial charge in [0.05, 0.1) is 17.2 Å². The van der Waals surface area contributed by atoms with Gasteiger partial charge in [-0.3, -0.25) is 9.59 Å². The Morgan fingerprint density at radius 1 is 1.38 bits per heavy atom. The summed E-state index contributed by atoms with van der Waals surface area (Å²) in [6.45, 7) is 6.77. The van der Waals surface area contributed by atoms with E-state index >= 15 is 0 Å². The molecule has 7 heteroatoms. The molecule has 1 fully saturated rings. The van der Waals surface area contributed by atoms with Crippen LogP contribution in [0.3, 0.4) is 0 Å². The Kier molecular flexibility index (Phi) is 5.84. The maximum absolute atomic E-state index is 12.4. The van der Waals surface area contributed by atoms with Crippen LogP contribution in [-0.4, -0.2) is 40.5 Å². The summed E-state index contributed by atoms with van der Waals surface area (Å²) in [5.74, 6) is -0.454. The molecule has 1 aromatic rings. The van der Waals surface area contributed by atoms with Crippen molar-refractivity contribution in [3.05, 3.63) is 22.4 Å². The number of hydrogen-bond acceptors (Lipinski definition) is 5. The Morgan fingerprint density at radius 2 is 2.08 bits per heavy atom. The van der Waals surface area contributed by atoms with Crippen LogP contribution in [0, 0.1) is 38.0 Å². The first kappa shape index (κ1) is 18.3. The van der Waals surface area contributed by atoms with Gasteiger partial charge in [-0.25, -0.2) is 4.98 Å². The molecule has 1 aliphatic rings. The van der Waals surface area contributed by atoms with Gasteiger partial charge in [0.1, 0.15) is 11.1 Å². The van der Waals surface area contributed by atoms with Crippen molar-refractivity contribution in [1.29, 1.82) is 5.26 Å². The number of carbonyl (C=O) groups excluding carboxylic acids is 2. The summed E-state index contributed by atoms with van der Waals surface area (Å²) in [7, 11) is 0. The summed E-state index contributed by atoms with van der Waals surface area (Å²) in [4.78, 5) is 29.9. The van der Waals surface area contributed by atoms with Gasteiger partial charge < -0.3 is 10.6 Å². The Balaban J connectivity index is 2.07. The van der Waals surface area contributed by atoms with Crippen molar-refractivity contribution in [2.45, 2.75) is 38.6 Å². The number of primary amides is 1. The third kappa shape index (κ3) is 3.88. The third-order valence-corrected chi connectivity index (χ3v) is 5.54. The Labute approximate surface area is 146 Å². The fourth-order valence-corrected chi connectivity index (χ4v) is 3.79. The van der Waals surface area contributed by atoms with Gasteiger partial charge in [0, 0.05) is 18.8 Å². The summed E-state index contributed by atoms with van der Waals surface area (Å²) in [5, 5.41) is 9.97. The molecule has 1 saturated heterocycles. The van der Waals surface area contributed by atoms with Crippen LogP contribution in [0.2, 0.25) is 0 Å². The Hall–Kier alpha value is -2.07. The second-order valence-corrected chi connectivity index (χ2v) is 7.07. The predicted octanol–water partition coefficient (Wildman–Crippen LogP) is 1.69. The van der Waals surface area contributed by atoms with Gasteiger partial charge in [-0.15, -0.1) is 0 Å². The zero-order chi connectivity index (χ0) is 17.9. The minimum Gasteiger partial charge on any atom is -0.369 e. The van der Waals surface area contributed by atoms with E-state index in [1.54, 1.807) is 4.90 Å². The molecule has 24 heavy (non-hydrogen) atoms. The summed E-state index contributed by atoms with van der Waals surface area (Å²) in [6, 6.07) is 2.19. The summed E-state index contributed by atoms with van der Waals surface area (Å²) in [6.07, 6.45) is 1.53. The number of likely N-dealkylation sites (tertiary alicyclic amines) is 1. The molecular weight excluding hydrogens is 324 g/mol. The first-order chi connectivity index (χ1) is 11.3. The fraction of sp³-hybridized carbons (Fsp3) is 0.529. The van der Waals surface area contributed by atoms with Crippen LogP contribution in [0.15, 0.2) is 5.03 Å². The van der Waals surface area contributed by atoms with Crippen molar-refractivity contribution >= 4 is 23.6 Å². The molecule has 0 saturated carbocycles. The highest BCUT2D eigenvalue weighted by Crippen LogP contribution is 2.27. The van der Waals surface area contributed by atoms with Crippen LogP contribution in [-0.2, 0) is 9.59 Å². The highest BCUT2D eigenvalue weighted by Gasteiger charge is 2.27. The quantitative estimate of drug-likeness (QED) is 0.836. The second-order valence-electron chi connectivity index (χ2n) is 6.11. The maximum Gasteiger partial charge on any atom is 0.233 e. The van der Waals surface area contributed by atoms with E-state index in [9.17, 15) is 14.9 Å². The van der Waals surface area contributed by atoms with E-state index in [2.05, 4.69) is 11.1 Å². The third-order valence-electron chi connectivity index (χ3n) is 4.58. The Bertz CT molecular complexity index is 712. The standard InChI is InChI=1S/C17H22N4O2S/c1-10-11(2)14(7-18)17(20-12(10)3)24-9-15(22)21-6-4-5-13(8-21)16(19)23/h13H,4-6,8-9H2,1-3H3,(H2,19,23)/t13-/m1/s1. The number of nitrogens with two attached hydrogens (primary N) is 1. The van der Waals surface area contributed by atoms with E-state index in [-0.39, 0.29) is 23.5 Å². The molecule has 128 valence electrons. The number of aromatic nitrogens is 1. The number of thioether (sulfide) groups is 1. The highest BCUT2D eigenvalue weighted by atomic mass is 32.2. The van der Waals surface area contributed by atoms with Gasteiger partial charge in [-0.2, -0.15) is 5.26 Å². The zero-order valence-corrected chi connectivity index (χ0v) is 15.1. The van der Waals surface area contributed by atoms with E-state index in [0.29, 0.717) is 23.7 Å². The van der Waals surface area contributed by atoms with E-state index in [1.165, 1.54) is 11.8 Å². The summed E-state index contributed by atoms with van der Waals surface area (Å²) < 4.78 is 0. The van der Waals surface area contributed by atoms with Crippen LogP contribution in [0.1, 0.15) is 35.2 Å². The number of pyridine rings is 1. The van der Waals surface area contributed by atoms with Crippen molar-refractivity contribution < 1.29 is 9.59 Å². The lowest BCUT2D eigenvalue weighted by atomic mass is 9.97. The van der Waals surface area contributed by atoms with Crippen LogP contribution in [0.5, 0.6) is 0 Å². The van der Waals surface area contributed by atoms with Crippen molar-refractivity contribution in [1.82, 2.24) is 9.88 Å². The van der Waals surface area contributed by atoms with E-state index in [0.717, 1.165) is 29.7 Å². The summed E-state index contributed by atoms with van der Waals surface area (Å²) >= 11 is 1.28. The molecule has 0 aromatic carbocycles. The molecule has 0 aliphatic carbocycles. The molecule has 2 amide bonds. The monoisotopic (exact) mass is 346 g/mol. The minimum atomic E-state index is -0.349. The highest BCUT2D eigenvalue weighted by molar-refractivity contribution is 8.00. The topological polar surface area (TPSA) is 100 Å². The molecule has 0 unspecified atom stereocenters.